The molecule has 0 aliphatic heterocycles. The van der Waals surface area contributed by atoms with Gasteiger partial charge in [-0.25, -0.2) is 4.79 Å². The molecule has 17 heavy (non-hydrogen) atoms. The Balaban J connectivity index is 4.36. The molecular weight excluding hydrogens is 236 g/mol. The highest BCUT2D eigenvalue weighted by molar-refractivity contribution is 6.66. The van der Waals surface area contributed by atoms with Crippen LogP contribution < -0.4 is 0 Å². The highest BCUT2D eigenvalue weighted by atomic mass is 28.4. The van der Waals surface area contributed by atoms with Crippen LogP contribution in [0.2, 0.25) is 6.55 Å². The lowest BCUT2D eigenvalue weighted by Gasteiger charge is -2.29. The molecule has 2 unspecified atom stereocenters. The van der Waals surface area contributed by atoms with Crippen LogP contribution in [0, 0.1) is 0 Å². The third kappa shape index (κ3) is 7.30. The Hall–Kier alpha value is -0.653. The summed E-state index contributed by atoms with van der Waals surface area (Å²) in [5.41, 5.74) is 0. The second-order valence-corrected chi connectivity index (χ2v) is 7.21. The molecule has 0 aromatic heterocycles. The van der Waals surface area contributed by atoms with E-state index in [0.29, 0.717) is 6.61 Å². The smallest absolute Gasteiger partial charge is 0.374 e. The van der Waals surface area contributed by atoms with E-state index in [1.165, 1.54) is 0 Å². The van der Waals surface area contributed by atoms with Gasteiger partial charge in [0.25, 0.3) is 0 Å². The molecule has 0 amide bonds. The van der Waals surface area contributed by atoms with Crippen LogP contribution >= 0.6 is 0 Å². The van der Waals surface area contributed by atoms with Crippen molar-refractivity contribution < 1.29 is 18.4 Å². The van der Waals surface area contributed by atoms with E-state index >= 15 is 0 Å². The summed E-state index contributed by atoms with van der Waals surface area (Å²) in [6.45, 7) is 12.0. The first-order valence-corrected chi connectivity index (χ1v) is 8.60. The van der Waals surface area contributed by atoms with Gasteiger partial charge in [-0.2, -0.15) is 0 Å². The van der Waals surface area contributed by atoms with Crippen molar-refractivity contribution in [2.45, 2.75) is 46.3 Å². The average Bonchev–Trinajstić information content (AvgIpc) is 2.33. The Morgan fingerprint density at radius 1 is 1.47 bits per heavy atom. The van der Waals surface area contributed by atoms with Crippen LogP contribution in [0.1, 0.15) is 33.6 Å². The molecule has 0 saturated carbocycles. The van der Waals surface area contributed by atoms with E-state index in [4.69, 9.17) is 13.6 Å². The number of ether oxygens (including phenoxy) is 1. The molecule has 0 rings (SSSR count). The van der Waals surface area contributed by atoms with Gasteiger partial charge in [-0.15, -0.1) is 0 Å². The SMILES string of the molecule is C=CC(=O)OC[Si](C)(OCCC)OC(C)CC. The van der Waals surface area contributed by atoms with Crippen molar-refractivity contribution in [2.75, 3.05) is 12.8 Å². The molecule has 0 aromatic carbocycles. The van der Waals surface area contributed by atoms with Crippen LogP contribution in [-0.2, 0) is 18.4 Å². The molecule has 0 radical (unpaired) electrons. The van der Waals surface area contributed by atoms with E-state index < -0.39 is 14.5 Å². The van der Waals surface area contributed by atoms with Crippen molar-refractivity contribution in [3.8, 4) is 0 Å². The molecule has 4 nitrogen and oxygen atoms in total. The summed E-state index contributed by atoms with van der Waals surface area (Å²) in [4.78, 5) is 11.1. The second kappa shape index (κ2) is 8.44. The largest absolute Gasteiger partial charge is 0.461 e. The lowest BCUT2D eigenvalue weighted by atomic mass is 10.3. The predicted molar refractivity (Wildman–Crippen MR) is 69.9 cm³/mol. The number of hydrogen-bond donors (Lipinski definition) is 0. The van der Waals surface area contributed by atoms with E-state index in [1.807, 2.05) is 20.4 Å². The highest BCUT2D eigenvalue weighted by Crippen LogP contribution is 2.13. The molecule has 0 aliphatic rings. The Labute approximate surface area is 105 Å². The standard InChI is InChI=1S/C12H24O4Si/c1-6-9-15-17(5,16-11(4)7-2)10-14-12(13)8-3/h8,11H,3,6-7,9-10H2,1-2,4-5H3. The number of rotatable bonds is 9. The minimum absolute atomic E-state index is 0.117. The topological polar surface area (TPSA) is 44.8 Å². The van der Waals surface area contributed by atoms with Crippen LogP contribution in [0.4, 0.5) is 0 Å². The van der Waals surface area contributed by atoms with Gasteiger partial charge in [0.15, 0.2) is 0 Å². The monoisotopic (exact) mass is 260 g/mol. The Morgan fingerprint density at radius 3 is 2.59 bits per heavy atom. The van der Waals surface area contributed by atoms with Crippen LogP contribution in [0.25, 0.3) is 0 Å². The van der Waals surface area contributed by atoms with Crippen LogP contribution in [0.5, 0.6) is 0 Å². The van der Waals surface area contributed by atoms with Crippen molar-refractivity contribution in [2.24, 2.45) is 0 Å². The summed E-state index contributed by atoms with van der Waals surface area (Å²) in [6, 6.07) is 0. The maximum absolute atomic E-state index is 11.1. The first-order valence-electron chi connectivity index (χ1n) is 6.08. The lowest BCUT2D eigenvalue weighted by molar-refractivity contribution is -0.137. The number of carbonyl (C=O) groups is 1. The number of hydrogen-bond acceptors (Lipinski definition) is 4. The molecule has 0 N–H and O–H groups in total. The van der Waals surface area contributed by atoms with Gasteiger partial charge in [-0.05, 0) is 26.3 Å². The van der Waals surface area contributed by atoms with Gasteiger partial charge in [0.2, 0.25) is 0 Å². The summed E-state index contributed by atoms with van der Waals surface area (Å²) >= 11 is 0. The molecule has 0 aliphatic carbocycles. The Bertz CT molecular complexity index is 245. The first-order chi connectivity index (χ1) is 7.97. The van der Waals surface area contributed by atoms with Crippen LogP contribution in [-0.4, -0.2) is 33.5 Å². The van der Waals surface area contributed by atoms with Gasteiger partial charge in [0, 0.05) is 18.8 Å². The Kier molecular flexibility index (Phi) is 8.12. The zero-order valence-corrected chi connectivity index (χ0v) is 12.3. The normalized spacial score (nSPS) is 16.0. The minimum atomic E-state index is -2.42. The van der Waals surface area contributed by atoms with Gasteiger partial charge in [0.05, 0.1) is 0 Å². The summed E-state index contributed by atoms with van der Waals surface area (Å²) in [5, 5.41) is 0. The van der Waals surface area contributed by atoms with Gasteiger partial charge in [0.1, 0.15) is 6.23 Å². The second-order valence-electron chi connectivity index (χ2n) is 4.13. The van der Waals surface area contributed by atoms with Crippen molar-refractivity contribution >= 4 is 14.5 Å². The fourth-order valence-corrected chi connectivity index (χ4v) is 3.48. The summed E-state index contributed by atoms with van der Waals surface area (Å²) in [5.74, 6) is -0.434. The fourth-order valence-electron chi connectivity index (χ4n) is 1.20. The zero-order chi connectivity index (χ0) is 13.3. The summed E-state index contributed by atoms with van der Waals surface area (Å²) in [7, 11) is -2.42. The first kappa shape index (κ1) is 16.3. The van der Waals surface area contributed by atoms with Gasteiger partial charge in [-0.3, -0.25) is 0 Å². The van der Waals surface area contributed by atoms with Gasteiger partial charge < -0.3 is 13.6 Å². The minimum Gasteiger partial charge on any atom is -0.461 e. The van der Waals surface area contributed by atoms with Crippen molar-refractivity contribution in [1.29, 1.82) is 0 Å². The zero-order valence-electron chi connectivity index (χ0n) is 11.3. The quantitative estimate of drug-likeness (QED) is 0.363. The average molecular weight is 260 g/mol. The van der Waals surface area contributed by atoms with E-state index in [0.717, 1.165) is 18.9 Å². The van der Waals surface area contributed by atoms with E-state index in [2.05, 4.69) is 13.5 Å². The maximum Gasteiger partial charge on any atom is 0.374 e. The van der Waals surface area contributed by atoms with Crippen molar-refractivity contribution in [3.05, 3.63) is 12.7 Å². The molecule has 0 aromatic rings. The van der Waals surface area contributed by atoms with E-state index in [-0.39, 0.29) is 12.3 Å². The summed E-state index contributed by atoms with van der Waals surface area (Å²) in [6.07, 6.45) is 3.31. The van der Waals surface area contributed by atoms with E-state index in [1.54, 1.807) is 0 Å². The lowest BCUT2D eigenvalue weighted by Crippen LogP contribution is -2.47. The molecule has 100 valence electrons. The highest BCUT2D eigenvalue weighted by Gasteiger charge is 2.35. The third-order valence-corrected chi connectivity index (χ3v) is 4.66. The predicted octanol–water partition coefficient (Wildman–Crippen LogP) is 2.57. The molecular formula is C12H24O4Si. The molecule has 0 fully saturated rings. The molecule has 0 spiro atoms. The van der Waals surface area contributed by atoms with Crippen LogP contribution in [0.15, 0.2) is 12.7 Å². The summed E-state index contributed by atoms with van der Waals surface area (Å²) < 4.78 is 16.7. The molecule has 0 heterocycles. The van der Waals surface area contributed by atoms with Crippen molar-refractivity contribution in [3.63, 3.8) is 0 Å². The molecule has 5 heteroatoms. The molecule has 0 bridgehead atoms. The maximum atomic E-state index is 11.1. The van der Waals surface area contributed by atoms with Crippen molar-refractivity contribution in [1.82, 2.24) is 0 Å². The third-order valence-electron chi connectivity index (χ3n) is 2.28. The van der Waals surface area contributed by atoms with Gasteiger partial charge in [-0.1, -0.05) is 20.4 Å². The van der Waals surface area contributed by atoms with Gasteiger partial charge >= 0.3 is 14.5 Å². The Morgan fingerprint density at radius 2 is 2.12 bits per heavy atom. The molecule has 0 saturated heterocycles. The number of esters is 1. The molecule has 2 atom stereocenters. The van der Waals surface area contributed by atoms with Crippen LogP contribution in [0.3, 0.4) is 0 Å². The fraction of sp³-hybridized carbons (Fsp3) is 0.750. The number of carbonyl (C=O) groups excluding carboxylic acids is 1. The van der Waals surface area contributed by atoms with E-state index in [9.17, 15) is 4.79 Å².